The van der Waals surface area contributed by atoms with Crippen LogP contribution in [0.5, 0.6) is 0 Å². The van der Waals surface area contributed by atoms with Crippen LogP contribution in [0, 0.1) is 0 Å². The van der Waals surface area contributed by atoms with E-state index in [4.69, 9.17) is 8.83 Å². The zero-order valence-electron chi connectivity index (χ0n) is 16.4. The maximum absolute atomic E-state index is 12.9. The van der Waals surface area contributed by atoms with Crippen molar-refractivity contribution in [2.24, 2.45) is 0 Å². The van der Waals surface area contributed by atoms with Crippen LogP contribution in [0.3, 0.4) is 0 Å². The molecule has 2 aromatic carbocycles. The van der Waals surface area contributed by atoms with Crippen molar-refractivity contribution < 1.29 is 13.6 Å². The van der Waals surface area contributed by atoms with Crippen LogP contribution in [0.4, 0.5) is 0 Å². The number of benzene rings is 2. The highest BCUT2D eigenvalue weighted by Gasteiger charge is 2.22. The summed E-state index contributed by atoms with van der Waals surface area (Å²) >= 11 is 0. The number of para-hydroxylation sites is 2. The van der Waals surface area contributed by atoms with Gasteiger partial charge in [-0.15, -0.1) is 0 Å². The lowest BCUT2D eigenvalue weighted by molar-refractivity contribution is 0.0773. The topological polar surface area (TPSA) is 72.4 Å². The smallest absolute Gasteiger partial charge is 0.254 e. The summed E-state index contributed by atoms with van der Waals surface area (Å²) in [5.74, 6) is 1.62. The van der Waals surface area contributed by atoms with Gasteiger partial charge in [-0.1, -0.05) is 31.4 Å². The van der Waals surface area contributed by atoms with E-state index in [0.29, 0.717) is 29.5 Å². The molecule has 29 heavy (non-hydrogen) atoms. The molecule has 1 amide bonds. The number of carbonyl (C=O) groups excluding carboxylic acids is 1. The minimum absolute atomic E-state index is 0.107. The Morgan fingerprint density at radius 1 is 1.00 bits per heavy atom. The van der Waals surface area contributed by atoms with Gasteiger partial charge in [0.1, 0.15) is 11.0 Å². The van der Waals surface area contributed by atoms with E-state index in [1.54, 1.807) is 24.1 Å². The van der Waals surface area contributed by atoms with Gasteiger partial charge in [0.2, 0.25) is 5.89 Å². The van der Waals surface area contributed by atoms with Gasteiger partial charge < -0.3 is 13.7 Å². The summed E-state index contributed by atoms with van der Waals surface area (Å²) in [4.78, 5) is 23.6. The zero-order chi connectivity index (χ0) is 19.8. The Morgan fingerprint density at radius 2 is 1.79 bits per heavy atom. The van der Waals surface area contributed by atoms with Crippen LogP contribution in [0.1, 0.15) is 60.2 Å². The molecule has 2 heterocycles. The van der Waals surface area contributed by atoms with E-state index in [-0.39, 0.29) is 5.91 Å². The van der Waals surface area contributed by atoms with Gasteiger partial charge in [-0.2, -0.15) is 0 Å². The third-order valence-electron chi connectivity index (χ3n) is 5.66. The van der Waals surface area contributed by atoms with Gasteiger partial charge in [-0.05, 0) is 43.2 Å². The lowest BCUT2D eigenvalue weighted by Crippen LogP contribution is -2.26. The number of hydrogen-bond acceptors (Lipinski definition) is 5. The van der Waals surface area contributed by atoms with Gasteiger partial charge in [0, 0.05) is 18.5 Å². The Kier molecular flexibility index (Phi) is 4.54. The minimum Gasteiger partial charge on any atom is -0.440 e. The molecule has 0 atom stereocenters. The molecule has 5 rings (SSSR count). The normalized spacial score (nSPS) is 15.2. The third kappa shape index (κ3) is 3.50. The summed E-state index contributed by atoms with van der Waals surface area (Å²) in [6.45, 7) is 0.301. The first-order valence-electron chi connectivity index (χ1n) is 10.2. The first-order valence-corrected chi connectivity index (χ1v) is 10.2. The number of oxazole rings is 2. The van der Waals surface area contributed by atoms with Gasteiger partial charge in [0.05, 0.1) is 6.54 Å². The van der Waals surface area contributed by atoms with Crippen LogP contribution in [0.15, 0.2) is 51.3 Å². The van der Waals surface area contributed by atoms with Gasteiger partial charge in [-0.25, -0.2) is 9.97 Å². The average Bonchev–Trinajstić information content (AvgIpc) is 3.36. The molecular formula is C23H23N3O3. The Bertz CT molecular complexity index is 1140. The fourth-order valence-electron chi connectivity index (χ4n) is 4.08. The first kappa shape index (κ1) is 17.9. The molecule has 0 bridgehead atoms. The first-order chi connectivity index (χ1) is 14.2. The Balaban J connectivity index is 1.35. The minimum atomic E-state index is -0.107. The van der Waals surface area contributed by atoms with Gasteiger partial charge in [-0.3, -0.25) is 4.79 Å². The summed E-state index contributed by atoms with van der Waals surface area (Å²) in [6, 6.07) is 13.0. The molecule has 4 aromatic rings. The van der Waals surface area contributed by atoms with Crippen LogP contribution < -0.4 is 0 Å². The molecule has 1 aliphatic carbocycles. The SMILES string of the molecule is CN(Cc1nc2ccccc2o1)C(=O)c1ccc2nc(C3CCCCC3)oc2c1. The molecule has 1 saturated carbocycles. The maximum Gasteiger partial charge on any atom is 0.254 e. The lowest BCUT2D eigenvalue weighted by Gasteiger charge is -2.17. The largest absolute Gasteiger partial charge is 0.440 e. The summed E-state index contributed by atoms with van der Waals surface area (Å²) in [7, 11) is 1.75. The number of aromatic nitrogens is 2. The van der Waals surface area contributed by atoms with Crippen molar-refractivity contribution in [3.05, 3.63) is 59.8 Å². The van der Waals surface area contributed by atoms with E-state index in [1.165, 1.54) is 19.3 Å². The second-order valence-electron chi connectivity index (χ2n) is 7.81. The summed E-state index contributed by atoms with van der Waals surface area (Å²) < 4.78 is 11.8. The average molecular weight is 389 g/mol. The van der Waals surface area contributed by atoms with Crippen LogP contribution in [-0.4, -0.2) is 27.8 Å². The summed E-state index contributed by atoms with van der Waals surface area (Å²) in [5.41, 5.74) is 3.57. The van der Waals surface area contributed by atoms with Crippen molar-refractivity contribution >= 4 is 28.1 Å². The molecule has 2 aromatic heterocycles. The number of fused-ring (bicyclic) bond motifs is 2. The second-order valence-corrected chi connectivity index (χ2v) is 7.81. The number of nitrogens with zero attached hydrogens (tertiary/aromatic N) is 3. The van der Waals surface area contributed by atoms with E-state index < -0.39 is 0 Å². The summed E-state index contributed by atoms with van der Waals surface area (Å²) in [6.07, 6.45) is 6.01. The molecule has 0 N–H and O–H groups in total. The molecule has 0 radical (unpaired) electrons. The molecule has 6 nitrogen and oxygen atoms in total. The van der Waals surface area contributed by atoms with Crippen molar-refractivity contribution in [1.82, 2.24) is 14.9 Å². The lowest BCUT2D eigenvalue weighted by atomic mass is 9.89. The van der Waals surface area contributed by atoms with Crippen molar-refractivity contribution in [3.63, 3.8) is 0 Å². The fourth-order valence-corrected chi connectivity index (χ4v) is 4.08. The molecule has 1 fully saturated rings. The van der Waals surface area contributed by atoms with Crippen molar-refractivity contribution in [3.8, 4) is 0 Å². The summed E-state index contributed by atoms with van der Waals surface area (Å²) in [5, 5.41) is 0. The molecular weight excluding hydrogens is 366 g/mol. The van der Waals surface area contributed by atoms with E-state index in [9.17, 15) is 4.79 Å². The number of hydrogen-bond donors (Lipinski definition) is 0. The Labute approximate surface area is 168 Å². The standard InChI is InChI=1S/C23H23N3O3/c1-26(14-21-24-17-9-5-6-10-19(17)28-21)23(27)16-11-12-18-20(13-16)29-22(25-18)15-7-3-2-4-8-15/h5-6,9-13,15H,2-4,7-8,14H2,1H3. The van der Waals surface area contributed by atoms with Crippen molar-refractivity contribution in [1.29, 1.82) is 0 Å². The maximum atomic E-state index is 12.9. The van der Waals surface area contributed by atoms with Gasteiger partial charge >= 0.3 is 0 Å². The van der Waals surface area contributed by atoms with Crippen LogP contribution in [0.25, 0.3) is 22.2 Å². The highest BCUT2D eigenvalue weighted by atomic mass is 16.4. The van der Waals surface area contributed by atoms with Gasteiger partial charge in [0.25, 0.3) is 5.91 Å². The second kappa shape index (κ2) is 7.35. The fraction of sp³-hybridized carbons (Fsp3) is 0.348. The highest BCUT2D eigenvalue weighted by molar-refractivity contribution is 5.96. The van der Waals surface area contributed by atoms with Crippen LogP contribution in [0.2, 0.25) is 0 Å². The molecule has 0 unspecified atom stereocenters. The highest BCUT2D eigenvalue weighted by Crippen LogP contribution is 2.34. The van der Waals surface area contributed by atoms with E-state index >= 15 is 0 Å². The van der Waals surface area contributed by atoms with Crippen molar-refractivity contribution in [2.45, 2.75) is 44.6 Å². The molecule has 0 spiro atoms. The quantitative estimate of drug-likeness (QED) is 0.474. The Hall–Kier alpha value is -3.15. The van der Waals surface area contributed by atoms with Gasteiger partial charge in [0.15, 0.2) is 17.1 Å². The van der Waals surface area contributed by atoms with E-state index in [0.717, 1.165) is 35.3 Å². The molecule has 0 aliphatic heterocycles. The Morgan fingerprint density at radius 3 is 2.62 bits per heavy atom. The van der Waals surface area contributed by atoms with Crippen molar-refractivity contribution in [2.75, 3.05) is 7.05 Å². The number of carbonyl (C=O) groups is 1. The number of amides is 1. The molecule has 1 aliphatic rings. The van der Waals surface area contributed by atoms with Crippen LogP contribution in [-0.2, 0) is 6.54 Å². The predicted molar refractivity (Wildman–Crippen MR) is 110 cm³/mol. The predicted octanol–water partition coefficient (Wildman–Crippen LogP) is 5.29. The third-order valence-corrected chi connectivity index (χ3v) is 5.66. The number of rotatable bonds is 4. The van der Waals surface area contributed by atoms with E-state index in [2.05, 4.69) is 9.97 Å². The molecule has 6 heteroatoms. The zero-order valence-corrected chi connectivity index (χ0v) is 16.4. The molecule has 148 valence electrons. The van der Waals surface area contributed by atoms with E-state index in [1.807, 2.05) is 30.3 Å². The molecule has 0 saturated heterocycles. The monoisotopic (exact) mass is 389 g/mol. The van der Waals surface area contributed by atoms with Crippen LogP contribution >= 0.6 is 0 Å².